The van der Waals surface area contributed by atoms with E-state index in [1.807, 2.05) is 63.2 Å². The summed E-state index contributed by atoms with van der Waals surface area (Å²) in [7, 11) is 5.74. The Hall–Kier alpha value is -4.16. The molecule has 0 spiro atoms. The molecule has 3 aromatic rings. The lowest BCUT2D eigenvalue weighted by Gasteiger charge is -2.34. The molecule has 3 heterocycles. The SMILES string of the molecule is C=CC(=O)Nc1ccc(C(=O)Nc2nn(C)c3c2CN(C(=O)N[C@H](CN(C)C)c2ccccc2)C3(C)C)nc1.S. The highest BCUT2D eigenvalue weighted by Crippen LogP contribution is 2.42. The quantitative estimate of drug-likeness (QED) is 0.361. The molecular formula is C28H36N8O3S. The van der Waals surface area contributed by atoms with Gasteiger partial charge in [-0.25, -0.2) is 9.78 Å². The van der Waals surface area contributed by atoms with Crippen molar-refractivity contribution < 1.29 is 14.4 Å². The summed E-state index contributed by atoms with van der Waals surface area (Å²) in [5, 5.41) is 13.2. The first-order valence-corrected chi connectivity index (χ1v) is 12.6. The molecule has 12 heteroatoms. The van der Waals surface area contributed by atoms with Crippen molar-refractivity contribution in [3.05, 3.63) is 83.8 Å². The van der Waals surface area contributed by atoms with Gasteiger partial charge in [-0.1, -0.05) is 36.9 Å². The number of aromatic nitrogens is 3. The van der Waals surface area contributed by atoms with Crippen LogP contribution >= 0.6 is 13.5 Å². The third-order valence-corrected chi connectivity index (χ3v) is 6.69. The summed E-state index contributed by atoms with van der Waals surface area (Å²) in [4.78, 5) is 46.0. The molecule has 0 saturated heterocycles. The molecule has 4 rings (SSSR count). The highest BCUT2D eigenvalue weighted by Gasteiger charge is 2.45. The second-order valence-corrected chi connectivity index (χ2v) is 10.2. The number of fused-ring (bicyclic) bond motifs is 1. The maximum atomic E-state index is 13.6. The topological polar surface area (TPSA) is 124 Å². The van der Waals surface area contributed by atoms with Crippen LogP contribution in [0.1, 0.15) is 47.2 Å². The van der Waals surface area contributed by atoms with Crippen LogP contribution in [0.4, 0.5) is 16.3 Å². The number of likely N-dealkylation sites (N-methyl/N-ethyl adjacent to an activating group) is 1. The number of hydrogen-bond donors (Lipinski definition) is 3. The fourth-order valence-corrected chi connectivity index (χ4v) is 4.87. The van der Waals surface area contributed by atoms with Crippen molar-refractivity contribution in [3.8, 4) is 0 Å². The molecule has 0 radical (unpaired) electrons. The lowest BCUT2D eigenvalue weighted by molar-refractivity contribution is -0.111. The number of hydrogen-bond acceptors (Lipinski definition) is 6. The summed E-state index contributed by atoms with van der Waals surface area (Å²) >= 11 is 0. The number of benzene rings is 1. The number of aryl methyl sites for hydroxylation is 1. The Morgan fingerprint density at radius 2 is 1.82 bits per heavy atom. The number of rotatable bonds is 8. The van der Waals surface area contributed by atoms with Crippen LogP contribution in [0, 0.1) is 0 Å². The molecule has 0 fully saturated rings. The normalized spacial score (nSPS) is 14.1. The Morgan fingerprint density at radius 1 is 1.12 bits per heavy atom. The Kier molecular flexibility index (Phi) is 9.38. The van der Waals surface area contributed by atoms with Crippen LogP contribution in [0.2, 0.25) is 0 Å². The third kappa shape index (κ3) is 6.35. The van der Waals surface area contributed by atoms with Crippen LogP contribution in [0.15, 0.2) is 61.3 Å². The molecule has 2 aromatic heterocycles. The van der Waals surface area contributed by atoms with Crippen molar-refractivity contribution in [2.75, 3.05) is 31.3 Å². The number of carbonyl (C=O) groups is 3. The van der Waals surface area contributed by atoms with Crippen LogP contribution in [-0.4, -0.2) is 63.0 Å². The van der Waals surface area contributed by atoms with E-state index in [0.717, 1.165) is 22.9 Å². The summed E-state index contributed by atoms with van der Waals surface area (Å²) < 4.78 is 1.70. The van der Waals surface area contributed by atoms with Crippen LogP contribution in [0.5, 0.6) is 0 Å². The number of pyridine rings is 1. The van der Waals surface area contributed by atoms with E-state index < -0.39 is 11.4 Å². The summed E-state index contributed by atoms with van der Waals surface area (Å²) in [6, 6.07) is 12.6. The molecule has 11 nitrogen and oxygen atoms in total. The van der Waals surface area contributed by atoms with Gasteiger partial charge in [0.1, 0.15) is 5.69 Å². The van der Waals surface area contributed by atoms with E-state index in [-0.39, 0.29) is 43.7 Å². The van der Waals surface area contributed by atoms with E-state index in [1.165, 1.54) is 12.3 Å². The van der Waals surface area contributed by atoms with Gasteiger partial charge in [0, 0.05) is 19.2 Å². The molecule has 3 N–H and O–H groups in total. The highest BCUT2D eigenvalue weighted by molar-refractivity contribution is 7.59. The molecule has 212 valence electrons. The Labute approximate surface area is 241 Å². The minimum absolute atomic E-state index is 0. The third-order valence-electron chi connectivity index (χ3n) is 6.69. The van der Waals surface area contributed by atoms with Crippen molar-refractivity contribution in [2.45, 2.75) is 32.0 Å². The Bertz CT molecular complexity index is 1390. The van der Waals surface area contributed by atoms with Gasteiger partial charge in [-0.05, 0) is 51.7 Å². The van der Waals surface area contributed by atoms with Crippen molar-refractivity contribution in [2.24, 2.45) is 7.05 Å². The average molecular weight is 565 g/mol. The molecular weight excluding hydrogens is 528 g/mol. The van der Waals surface area contributed by atoms with Crippen LogP contribution in [-0.2, 0) is 23.9 Å². The van der Waals surface area contributed by atoms with Crippen molar-refractivity contribution in [1.29, 1.82) is 0 Å². The van der Waals surface area contributed by atoms with E-state index in [9.17, 15) is 14.4 Å². The molecule has 4 amide bonds. The van der Waals surface area contributed by atoms with Gasteiger partial charge in [0.2, 0.25) is 5.91 Å². The molecule has 0 aliphatic carbocycles. The van der Waals surface area contributed by atoms with Gasteiger partial charge >= 0.3 is 6.03 Å². The number of anilines is 2. The Morgan fingerprint density at radius 3 is 2.42 bits per heavy atom. The van der Waals surface area contributed by atoms with Gasteiger partial charge in [-0.3, -0.25) is 14.3 Å². The first-order chi connectivity index (χ1) is 18.5. The summed E-state index contributed by atoms with van der Waals surface area (Å²) in [5.41, 5.74) is 2.56. The van der Waals surface area contributed by atoms with Crippen LogP contribution in [0.25, 0.3) is 0 Å². The van der Waals surface area contributed by atoms with E-state index in [4.69, 9.17) is 0 Å². The summed E-state index contributed by atoms with van der Waals surface area (Å²) in [6.07, 6.45) is 2.54. The van der Waals surface area contributed by atoms with Crippen LogP contribution in [0.3, 0.4) is 0 Å². The first-order valence-electron chi connectivity index (χ1n) is 12.6. The van der Waals surface area contributed by atoms with E-state index >= 15 is 0 Å². The van der Waals surface area contributed by atoms with E-state index in [0.29, 0.717) is 18.1 Å². The van der Waals surface area contributed by atoms with Crippen molar-refractivity contribution >= 4 is 42.8 Å². The fourth-order valence-electron chi connectivity index (χ4n) is 4.87. The average Bonchev–Trinajstić information content (AvgIpc) is 3.37. The minimum atomic E-state index is -0.674. The molecule has 0 bridgehead atoms. The number of amides is 4. The molecule has 0 unspecified atom stereocenters. The van der Waals surface area contributed by atoms with Gasteiger partial charge in [-0.2, -0.15) is 18.6 Å². The zero-order valence-electron chi connectivity index (χ0n) is 23.4. The standard InChI is InChI=1S/C28H34N8O3.H2S/c1-7-23(37)30-19-13-14-21(29-15-19)26(38)32-25-20-16-36(28(2,3)24(20)35(6)33-25)27(39)31-22(17-34(4)5)18-11-9-8-10-12-18;/h7-15,22H,1,16-17H2,2-6H3,(H,30,37)(H,31,39)(H,32,33,38);1H2/t22-;/m1./s1. The van der Waals surface area contributed by atoms with Gasteiger partial charge in [-0.15, -0.1) is 0 Å². The summed E-state index contributed by atoms with van der Waals surface area (Å²) in [5.74, 6) is -0.445. The molecule has 0 saturated carbocycles. The predicted octanol–water partition coefficient (Wildman–Crippen LogP) is 3.37. The highest BCUT2D eigenvalue weighted by atomic mass is 32.1. The zero-order valence-corrected chi connectivity index (χ0v) is 24.4. The number of urea groups is 1. The van der Waals surface area contributed by atoms with Gasteiger partial charge in [0.15, 0.2) is 5.82 Å². The van der Waals surface area contributed by atoms with Gasteiger partial charge in [0.05, 0.1) is 35.7 Å². The molecule has 1 aromatic carbocycles. The smallest absolute Gasteiger partial charge is 0.319 e. The molecule has 40 heavy (non-hydrogen) atoms. The molecule has 1 aliphatic rings. The summed E-state index contributed by atoms with van der Waals surface area (Å²) in [6.45, 7) is 8.26. The maximum Gasteiger partial charge on any atom is 0.319 e. The predicted molar refractivity (Wildman–Crippen MR) is 159 cm³/mol. The van der Waals surface area contributed by atoms with Crippen molar-refractivity contribution in [1.82, 2.24) is 29.9 Å². The molecule has 1 atom stereocenters. The second-order valence-electron chi connectivity index (χ2n) is 10.2. The maximum absolute atomic E-state index is 13.6. The van der Waals surface area contributed by atoms with Crippen molar-refractivity contribution in [3.63, 3.8) is 0 Å². The lowest BCUT2D eigenvalue weighted by atomic mass is 10.0. The minimum Gasteiger partial charge on any atom is -0.330 e. The van der Waals surface area contributed by atoms with E-state index in [1.54, 1.807) is 22.7 Å². The monoisotopic (exact) mass is 564 g/mol. The zero-order chi connectivity index (χ0) is 28.3. The van der Waals surface area contributed by atoms with Crippen LogP contribution < -0.4 is 16.0 Å². The van der Waals surface area contributed by atoms with E-state index in [2.05, 4.69) is 32.6 Å². The molecule has 1 aliphatic heterocycles. The fraction of sp³-hybridized carbons (Fsp3) is 0.321. The second kappa shape index (κ2) is 12.3. The van der Waals surface area contributed by atoms with Gasteiger partial charge < -0.3 is 25.8 Å². The number of nitrogens with one attached hydrogen (secondary N) is 3. The Balaban J connectivity index is 0.00000441. The number of carbonyl (C=O) groups excluding carboxylic acids is 3. The lowest BCUT2D eigenvalue weighted by Crippen LogP contribution is -2.49. The largest absolute Gasteiger partial charge is 0.330 e. The van der Waals surface area contributed by atoms with Gasteiger partial charge in [0.25, 0.3) is 5.91 Å². The number of nitrogens with zero attached hydrogens (tertiary/aromatic N) is 5. The first kappa shape index (κ1) is 30.4.